The second-order valence-electron chi connectivity index (χ2n) is 4.98. The number of aromatic nitrogens is 1. The summed E-state index contributed by atoms with van der Waals surface area (Å²) in [6.45, 7) is 0. The molecule has 23 heavy (non-hydrogen) atoms. The summed E-state index contributed by atoms with van der Waals surface area (Å²) in [7, 11) is 1.79. The second-order valence-corrected chi connectivity index (χ2v) is 5.41. The Labute approximate surface area is 136 Å². The Morgan fingerprint density at radius 3 is 2.39 bits per heavy atom. The van der Waals surface area contributed by atoms with Crippen molar-refractivity contribution < 1.29 is 14.4 Å². The number of urea groups is 1. The first-order chi connectivity index (χ1) is 11.0. The van der Waals surface area contributed by atoms with E-state index in [0.717, 1.165) is 4.90 Å². The van der Waals surface area contributed by atoms with Crippen LogP contribution in [-0.4, -0.2) is 22.4 Å². The normalized spacial score (nSPS) is 16.9. The van der Waals surface area contributed by atoms with E-state index >= 15 is 0 Å². The summed E-state index contributed by atoms with van der Waals surface area (Å²) < 4.78 is 1.76. The third-order valence-electron chi connectivity index (χ3n) is 3.46. The van der Waals surface area contributed by atoms with Crippen molar-refractivity contribution in [3.05, 3.63) is 58.9 Å². The molecule has 1 saturated heterocycles. The molecule has 1 aliphatic heterocycles. The molecule has 7 heteroatoms. The zero-order valence-electron chi connectivity index (χ0n) is 12.1. The molecule has 1 N–H and O–H groups in total. The fourth-order valence-electron chi connectivity index (χ4n) is 2.25. The van der Waals surface area contributed by atoms with Gasteiger partial charge in [-0.1, -0.05) is 11.6 Å². The zero-order chi connectivity index (χ0) is 16.6. The molecule has 0 atom stereocenters. The molecular weight excluding hydrogens is 318 g/mol. The third-order valence-corrected chi connectivity index (χ3v) is 3.71. The van der Waals surface area contributed by atoms with Crippen LogP contribution in [-0.2, 0) is 16.6 Å². The number of hydrogen-bond acceptors (Lipinski definition) is 3. The Hall–Kier alpha value is -2.86. The quantitative estimate of drug-likeness (QED) is 0.679. The number of rotatable bonds is 2. The van der Waals surface area contributed by atoms with Crippen LogP contribution in [0.15, 0.2) is 48.2 Å². The largest absolute Gasteiger partial charge is 0.351 e. The molecule has 3 rings (SSSR count). The van der Waals surface area contributed by atoms with Crippen molar-refractivity contribution in [1.82, 2.24) is 9.88 Å². The zero-order valence-corrected chi connectivity index (χ0v) is 12.9. The fraction of sp³-hybridized carbons (Fsp3) is 0.0625. The van der Waals surface area contributed by atoms with E-state index in [1.165, 1.54) is 18.2 Å². The molecular formula is C16H12ClN3O3. The summed E-state index contributed by atoms with van der Waals surface area (Å²) in [5.41, 5.74) is 0.900. The summed E-state index contributed by atoms with van der Waals surface area (Å²) in [6, 6.07) is 8.97. The highest BCUT2D eigenvalue weighted by molar-refractivity contribution is 6.39. The van der Waals surface area contributed by atoms with Gasteiger partial charge >= 0.3 is 6.03 Å². The van der Waals surface area contributed by atoms with Gasteiger partial charge in [-0.25, -0.2) is 9.69 Å². The lowest BCUT2D eigenvalue weighted by Crippen LogP contribution is -2.54. The van der Waals surface area contributed by atoms with Crippen LogP contribution in [0.5, 0.6) is 0 Å². The molecule has 0 unspecified atom stereocenters. The highest BCUT2D eigenvalue weighted by atomic mass is 35.5. The van der Waals surface area contributed by atoms with E-state index < -0.39 is 17.8 Å². The van der Waals surface area contributed by atoms with Gasteiger partial charge in [-0.3, -0.25) is 14.9 Å². The van der Waals surface area contributed by atoms with E-state index in [9.17, 15) is 14.4 Å². The molecule has 0 saturated carbocycles. The van der Waals surface area contributed by atoms with Gasteiger partial charge in [0.05, 0.1) is 5.69 Å². The molecule has 6 nitrogen and oxygen atoms in total. The molecule has 0 spiro atoms. The number of benzene rings is 1. The number of amides is 4. The van der Waals surface area contributed by atoms with E-state index in [2.05, 4.69) is 5.32 Å². The standard InChI is InChI=1S/C16H12ClN3O3/c1-19-8-2-3-12(19)9-13-14(21)18-16(23)20(15(13)22)11-6-4-10(17)5-7-11/h2-9H,1H3,(H,18,21,23)/b13-9+. The van der Waals surface area contributed by atoms with Crippen molar-refractivity contribution in [3.8, 4) is 0 Å². The van der Waals surface area contributed by atoms with E-state index in [1.807, 2.05) is 0 Å². The van der Waals surface area contributed by atoms with E-state index in [-0.39, 0.29) is 5.57 Å². The lowest BCUT2D eigenvalue weighted by molar-refractivity contribution is -0.122. The van der Waals surface area contributed by atoms with E-state index in [0.29, 0.717) is 16.4 Å². The predicted molar refractivity (Wildman–Crippen MR) is 85.9 cm³/mol. The van der Waals surface area contributed by atoms with Crippen LogP contribution in [0.3, 0.4) is 0 Å². The number of hydrogen-bond donors (Lipinski definition) is 1. The number of halogens is 1. The van der Waals surface area contributed by atoms with Gasteiger partial charge in [-0.05, 0) is 42.5 Å². The first-order valence-electron chi connectivity index (χ1n) is 6.76. The van der Waals surface area contributed by atoms with Crippen LogP contribution >= 0.6 is 11.6 Å². The van der Waals surface area contributed by atoms with Crippen LogP contribution in [0.25, 0.3) is 6.08 Å². The molecule has 1 fully saturated rings. The van der Waals surface area contributed by atoms with Crippen molar-refractivity contribution in [2.45, 2.75) is 0 Å². The lowest BCUT2D eigenvalue weighted by atomic mass is 10.1. The van der Waals surface area contributed by atoms with Gasteiger partial charge in [0, 0.05) is 24.0 Å². The second kappa shape index (κ2) is 5.73. The number of nitrogens with one attached hydrogen (secondary N) is 1. The van der Waals surface area contributed by atoms with Crippen molar-refractivity contribution in [1.29, 1.82) is 0 Å². The van der Waals surface area contributed by atoms with E-state index in [1.54, 1.807) is 42.1 Å². The summed E-state index contributed by atoms with van der Waals surface area (Å²) in [6.07, 6.45) is 3.24. The number of nitrogens with zero attached hydrogens (tertiary/aromatic N) is 2. The molecule has 0 bridgehead atoms. The highest BCUT2D eigenvalue weighted by Crippen LogP contribution is 2.23. The Bertz CT molecular complexity index is 837. The molecule has 0 aliphatic carbocycles. The maximum absolute atomic E-state index is 12.6. The van der Waals surface area contributed by atoms with Gasteiger partial charge in [0.15, 0.2) is 0 Å². The molecule has 2 aromatic rings. The van der Waals surface area contributed by atoms with Crippen LogP contribution in [0.1, 0.15) is 5.69 Å². The SMILES string of the molecule is Cn1cccc1/C=C1\C(=O)NC(=O)N(c2ccc(Cl)cc2)C1=O. The average Bonchev–Trinajstić information content (AvgIpc) is 2.90. The van der Waals surface area contributed by atoms with Crippen molar-refractivity contribution in [3.63, 3.8) is 0 Å². The minimum absolute atomic E-state index is 0.110. The molecule has 116 valence electrons. The Kier molecular flexibility index (Phi) is 3.75. The van der Waals surface area contributed by atoms with Crippen molar-refractivity contribution >= 4 is 41.2 Å². The smallest absolute Gasteiger partial charge is 0.335 e. The van der Waals surface area contributed by atoms with Crippen LogP contribution in [0.4, 0.5) is 10.5 Å². The number of imide groups is 2. The van der Waals surface area contributed by atoms with Gasteiger partial charge in [-0.15, -0.1) is 0 Å². The Balaban J connectivity index is 2.02. The summed E-state index contributed by atoms with van der Waals surface area (Å²) >= 11 is 5.82. The summed E-state index contributed by atoms with van der Waals surface area (Å²) in [5.74, 6) is -1.39. The predicted octanol–water partition coefficient (Wildman–Crippen LogP) is 2.34. The molecule has 1 aromatic heterocycles. The van der Waals surface area contributed by atoms with Gasteiger partial charge in [0.25, 0.3) is 11.8 Å². The van der Waals surface area contributed by atoms with Crippen LogP contribution in [0.2, 0.25) is 5.02 Å². The number of carbonyl (C=O) groups excluding carboxylic acids is 3. The molecule has 1 aromatic carbocycles. The number of anilines is 1. The van der Waals surface area contributed by atoms with Gasteiger partial charge in [0.1, 0.15) is 5.57 Å². The molecule has 1 aliphatic rings. The molecule has 2 heterocycles. The van der Waals surface area contributed by atoms with Crippen molar-refractivity contribution in [2.75, 3.05) is 4.90 Å². The molecule has 0 radical (unpaired) electrons. The van der Waals surface area contributed by atoms with Crippen molar-refractivity contribution in [2.24, 2.45) is 7.05 Å². The Morgan fingerprint density at radius 2 is 1.78 bits per heavy atom. The first kappa shape index (κ1) is 15.1. The first-order valence-corrected chi connectivity index (χ1v) is 7.13. The highest BCUT2D eigenvalue weighted by Gasteiger charge is 2.36. The van der Waals surface area contributed by atoms with Crippen LogP contribution < -0.4 is 10.2 Å². The third kappa shape index (κ3) is 2.76. The molecule has 4 amide bonds. The Morgan fingerprint density at radius 1 is 1.09 bits per heavy atom. The van der Waals surface area contributed by atoms with Crippen LogP contribution in [0, 0.1) is 0 Å². The fourth-order valence-corrected chi connectivity index (χ4v) is 2.38. The average molecular weight is 330 g/mol. The van der Waals surface area contributed by atoms with E-state index in [4.69, 9.17) is 11.6 Å². The van der Waals surface area contributed by atoms with Gasteiger partial charge < -0.3 is 4.57 Å². The monoisotopic (exact) mass is 329 g/mol. The number of aryl methyl sites for hydroxylation is 1. The van der Waals surface area contributed by atoms with Gasteiger partial charge in [0.2, 0.25) is 0 Å². The maximum Gasteiger partial charge on any atom is 0.335 e. The lowest BCUT2D eigenvalue weighted by Gasteiger charge is -2.26. The minimum Gasteiger partial charge on any atom is -0.351 e. The topological polar surface area (TPSA) is 71.4 Å². The summed E-state index contributed by atoms with van der Waals surface area (Å²) in [5, 5.41) is 2.65. The maximum atomic E-state index is 12.6. The number of barbiturate groups is 1. The van der Waals surface area contributed by atoms with Gasteiger partial charge in [-0.2, -0.15) is 0 Å². The number of carbonyl (C=O) groups is 3. The summed E-state index contributed by atoms with van der Waals surface area (Å²) in [4.78, 5) is 37.5. The minimum atomic E-state index is -0.786.